The zero-order valence-electron chi connectivity index (χ0n) is 17.5. The van der Waals surface area contributed by atoms with E-state index in [1.807, 2.05) is 0 Å². The Morgan fingerprint density at radius 3 is 2.42 bits per heavy atom. The summed E-state index contributed by atoms with van der Waals surface area (Å²) < 4.78 is 77.1. The van der Waals surface area contributed by atoms with E-state index in [0.717, 1.165) is 0 Å². The van der Waals surface area contributed by atoms with Gasteiger partial charge in [0.05, 0.1) is 18.2 Å². The number of amides is 1. The van der Waals surface area contributed by atoms with E-state index >= 15 is 0 Å². The number of piperidine rings is 1. The van der Waals surface area contributed by atoms with Gasteiger partial charge in [-0.2, -0.15) is 21.6 Å². The molecule has 2 aliphatic heterocycles. The van der Waals surface area contributed by atoms with E-state index in [9.17, 15) is 26.4 Å². The molecule has 2 heterocycles. The highest BCUT2D eigenvalue weighted by Gasteiger charge is 2.56. The molecular formula is C20H26F3NO6S. The van der Waals surface area contributed by atoms with Gasteiger partial charge in [0, 0.05) is 13.0 Å². The molecule has 31 heavy (non-hydrogen) atoms. The lowest BCUT2D eigenvalue weighted by atomic mass is 9.78. The predicted molar refractivity (Wildman–Crippen MR) is 105 cm³/mol. The third-order valence-electron chi connectivity index (χ3n) is 5.23. The number of rotatable bonds is 3. The van der Waals surface area contributed by atoms with Gasteiger partial charge in [-0.15, -0.1) is 0 Å². The van der Waals surface area contributed by atoms with E-state index < -0.39 is 45.1 Å². The number of carbonyl (C=O) groups excluding carboxylic acids is 1. The summed E-state index contributed by atoms with van der Waals surface area (Å²) >= 11 is 0. The molecule has 0 aliphatic carbocycles. The number of hydrogen-bond donors (Lipinski definition) is 0. The van der Waals surface area contributed by atoms with Crippen LogP contribution in [0.2, 0.25) is 0 Å². The summed E-state index contributed by atoms with van der Waals surface area (Å²) in [5, 5.41) is 0. The van der Waals surface area contributed by atoms with Crippen molar-refractivity contribution in [1.82, 2.24) is 4.90 Å². The monoisotopic (exact) mass is 465 g/mol. The van der Waals surface area contributed by atoms with Crippen molar-refractivity contribution in [2.75, 3.05) is 13.2 Å². The maximum absolute atomic E-state index is 13.0. The van der Waals surface area contributed by atoms with Crippen LogP contribution in [0, 0.1) is 0 Å². The molecule has 174 valence electrons. The van der Waals surface area contributed by atoms with Gasteiger partial charge in [0.2, 0.25) is 0 Å². The molecule has 1 amide bonds. The van der Waals surface area contributed by atoms with E-state index in [-0.39, 0.29) is 13.0 Å². The molecule has 1 aromatic rings. The molecule has 1 spiro atoms. The van der Waals surface area contributed by atoms with Crippen LogP contribution in [0.4, 0.5) is 18.0 Å². The standard InChI is InChI=1S/C20H26F3NO6S/c1-18(2,3)29-17(25)24-11-7-10-19(16(24)14-8-5-4-6-9-14)12-15(13-28-19)30-31(26,27)20(21,22)23/h4-6,8-9,15-16H,7,10-13H2,1-3H3/t15?,16?,19-/m1/s1. The molecule has 0 saturated carbocycles. The highest BCUT2D eigenvalue weighted by Crippen LogP contribution is 2.49. The Kier molecular flexibility index (Phi) is 6.34. The van der Waals surface area contributed by atoms with Crippen LogP contribution in [0.5, 0.6) is 0 Å². The fourth-order valence-electron chi connectivity index (χ4n) is 4.16. The lowest BCUT2D eigenvalue weighted by Crippen LogP contribution is -2.53. The Morgan fingerprint density at radius 2 is 1.84 bits per heavy atom. The average Bonchev–Trinajstić information content (AvgIpc) is 3.01. The molecule has 0 N–H and O–H groups in total. The minimum absolute atomic E-state index is 0.110. The predicted octanol–water partition coefficient (Wildman–Crippen LogP) is 4.15. The molecule has 11 heteroatoms. The molecular weight excluding hydrogens is 439 g/mol. The van der Waals surface area contributed by atoms with Gasteiger partial charge in [-0.05, 0) is 39.2 Å². The fourth-order valence-corrected chi connectivity index (χ4v) is 4.75. The van der Waals surface area contributed by atoms with Crippen LogP contribution in [0.3, 0.4) is 0 Å². The summed E-state index contributed by atoms with van der Waals surface area (Å²) in [6, 6.07) is 8.27. The molecule has 0 aromatic heterocycles. The number of benzene rings is 1. The number of hydrogen-bond acceptors (Lipinski definition) is 6. The average molecular weight is 465 g/mol. The summed E-state index contributed by atoms with van der Waals surface area (Å²) in [6.07, 6.45) is -1.05. The topological polar surface area (TPSA) is 82.1 Å². The van der Waals surface area contributed by atoms with Crippen LogP contribution < -0.4 is 0 Å². The normalized spacial score (nSPS) is 27.5. The zero-order valence-corrected chi connectivity index (χ0v) is 18.3. The summed E-state index contributed by atoms with van der Waals surface area (Å²) in [6.45, 7) is 5.24. The van der Waals surface area contributed by atoms with Gasteiger partial charge >= 0.3 is 21.7 Å². The maximum atomic E-state index is 13.0. The highest BCUT2D eigenvalue weighted by atomic mass is 32.2. The Labute approximate surface area is 179 Å². The van der Waals surface area contributed by atoms with Crippen LogP contribution >= 0.6 is 0 Å². The Hall–Kier alpha value is -1.85. The summed E-state index contributed by atoms with van der Waals surface area (Å²) in [4.78, 5) is 14.5. The molecule has 2 aliphatic rings. The van der Waals surface area contributed by atoms with E-state index in [1.54, 1.807) is 51.1 Å². The third-order valence-corrected chi connectivity index (χ3v) is 6.32. The number of carbonyl (C=O) groups is 1. The van der Waals surface area contributed by atoms with Gasteiger partial charge in [0.25, 0.3) is 0 Å². The van der Waals surface area contributed by atoms with Crippen molar-refractivity contribution in [3.05, 3.63) is 35.9 Å². The molecule has 3 atom stereocenters. The number of ether oxygens (including phenoxy) is 2. The Bertz CT molecular complexity index is 900. The van der Waals surface area contributed by atoms with Gasteiger partial charge in [0.15, 0.2) is 0 Å². The molecule has 3 rings (SSSR count). The summed E-state index contributed by atoms with van der Waals surface area (Å²) in [7, 11) is -5.76. The van der Waals surface area contributed by atoms with Crippen molar-refractivity contribution in [1.29, 1.82) is 0 Å². The van der Waals surface area contributed by atoms with E-state index in [0.29, 0.717) is 24.9 Å². The van der Waals surface area contributed by atoms with Gasteiger partial charge in [-0.3, -0.25) is 9.08 Å². The first-order valence-corrected chi connectivity index (χ1v) is 11.3. The molecule has 2 unspecified atom stereocenters. The highest BCUT2D eigenvalue weighted by molar-refractivity contribution is 7.87. The minimum atomic E-state index is -5.76. The number of nitrogens with zero attached hydrogens (tertiary/aromatic N) is 1. The molecule has 7 nitrogen and oxygen atoms in total. The van der Waals surface area contributed by atoms with E-state index in [2.05, 4.69) is 4.18 Å². The molecule has 1 aromatic carbocycles. The Morgan fingerprint density at radius 1 is 1.19 bits per heavy atom. The fraction of sp³-hybridized carbons (Fsp3) is 0.650. The second kappa shape index (κ2) is 8.25. The lowest BCUT2D eigenvalue weighted by Gasteiger charge is -2.47. The van der Waals surface area contributed by atoms with Crippen LogP contribution in [0.25, 0.3) is 0 Å². The zero-order chi connectivity index (χ0) is 23.1. The van der Waals surface area contributed by atoms with Crippen molar-refractivity contribution >= 4 is 16.2 Å². The molecule has 0 radical (unpaired) electrons. The largest absolute Gasteiger partial charge is 0.523 e. The first-order chi connectivity index (χ1) is 14.2. The van der Waals surface area contributed by atoms with E-state index in [4.69, 9.17) is 9.47 Å². The van der Waals surface area contributed by atoms with Gasteiger partial charge < -0.3 is 9.47 Å². The van der Waals surface area contributed by atoms with Gasteiger partial charge in [-0.1, -0.05) is 30.3 Å². The quantitative estimate of drug-likeness (QED) is 0.493. The number of likely N-dealkylation sites (tertiary alicyclic amines) is 1. The summed E-state index contributed by atoms with van der Waals surface area (Å²) in [5.41, 5.74) is -6.64. The van der Waals surface area contributed by atoms with Crippen LogP contribution in [0.15, 0.2) is 30.3 Å². The van der Waals surface area contributed by atoms with Crippen molar-refractivity contribution in [2.45, 2.75) is 68.9 Å². The minimum Gasteiger partial charge on any atom is -0.444 e. The molecule has 0 bridgehead atoms. The Balaban J connectivity index is 1.92. The van der Waals surface area contributed by atoms with Gasteiger partial charge in [0.1, 0.15) is 11.7 Å². The van der Waals surface area contributed by atoms with E-state index in [1.165, 1.54) is 4.90 Å². The maximum Gasteiger partial charge on any atom is 0.523 e. The first kappa shape index (κ1) is 23.8. The van der Waals surface area contributed by atoms with Crippen LogP contribution in [-0.4, -0.2) is 55.4 Å². The first-order valence-electron chi connectivity index (χ1n) is 9.92. The van der Waals surface area contributed by atoms with Crippen molar-refractivity contribution in [2.24, 2.45) is 0 Å². The smallest absolute Gasteiger partial charge is 0.444 e. The van der Waals surface area contributed by atoms with Crippen LogP contribution in [0.1, 0.15) is 51.6 Å². The third kappa shape index (κ3) is 5.15. The van der Waals surface area contributed by atoms with Gasteiger partial charge in [-0.25, -0.2) is 4.79 Å². The molecule has 2 saturated heterocycles. The van der Waals surface area contributed by atoms with Crippen molar-refractivity contribution in [3.8, 4) is 0 Å². The SMILES string of the molecule is CC(C)(C)OC(=O)N1CCC[C@@]2(CC(OS(=O)(=O)C(F)(F)F)CO2)C1c1ccccc1. The number of halogens is 3. The van der Waals surface area contributed by atoms with Crippen molar-refractivity contribution < 1.29 is 40.0 Å². The van der Waals surface area contributed by atoms with Crippen molar-refractivity contribution in [3.63, 3.8) is 0 Å². The van der Waals surface area contributed by atoms with Crippen LogP contribution in [-0.2, 0) is 23.8 Å². The second-order valence-electron chi connectivity index (χ2n) is 8.79. The molecule has 2 fully saturated rings. The lowest BCUT2D eigenvalue weighted by molar-refractivity contribution is -0.0982. The number of alkyl halides is 3. The summed E-state index contributed by atoms with van der Waals surface area (Å²) in [5.74, 6) is 0. The second-order valence-corrected chi connectivity index (χ2v) is 10.4.